The van der Waals surface area contributed by atoms with Crippen LogP contribution in [0.4, 0.5) is 0 Å². The predicted octanol–water partition coefficient (Wildman–Crippen LogP) is 1.70. The monoisotopic (exact) mass is 1160 g/mol. The van der Waals surface area contributed by atoms with Crippen molar-refractivity contribution in [3.05, 3.63) is 150 Å². The third kappa shape index (κ3) is 17.1. The maximum Gasteiger partial charge on any atom is 0.245 e. The number of hydrogen-bond donors (Lipinski definition) is 11. The van der Waals surface area contributed by atoms with E-state index in [0.717, 1.165) is 54.4 Å². The second kappa shape index (κ2) is 30.3. The number of aromatic nitrogens is 2. The molecule has 1 saturated heterocycles. The minimum atomic E-state index is -1.69. The Labute approximate surface area is 483 Å². The van der Waals surface area contributed by atoms with E-state index in [1.54, 1.807) is 24.5 Å². The fraction of sp³-hybridized carbons (Fsp3) is 0.373. The average Bonchev–Trinajstić information content (AvgIpc) is 3.90. The number of nitrogens with two attached hydrogens (primary N) is 2. The molecular weight excluding hydrogens is 1080 g/mol. The Kier molecular flexibility index (Phi) is 22.8. The van der Waals surface area contributed by atoms with Gasteiger partial charge >= 0.3 is 0 Å². The Morgan fingerprint density at radius 1 is 0.720 bits per heavy atom. The number of rotatable bonds is 18. The van der Waals surface area contributed by atoms with E-state index < -0.39 is 102 Å². The maximum absolute atomic E-state index is 15.0. The zero-order valence-electron chi connectivity index (χ0n) is 46.0. The van der Waals surface area contributed by atoms with Gasteiger partial charge in [-0.05, 0) is 84.3 Å². The van der Waals surface area contributed by atoms with Crippen molar-refractivity contribution in [1.29, 1.82) is 0 Å². The molecule has 1 aliphatic rings. The van der Waals surface area contributed by atoms with Crippen LogP contribution < -0.4 is 48.7 Å². The molecule has 434 valence electrons. The van der Waals surface area contributed by atoms with Gasteiger partial charge in [0.2, 0.25) is 47.3 Å². The molecule has 21 nitrogen and oxygen atoms in total. The Morgan fingerprint density at radius 2 is 1.38 bits per heavy atom. The standard InChI is InChI=1S/C59H72N12O9S2/c1-35(72)51-58(79)69-49(56(77)66-46(52(73)62-2)28-37-22-23-39-17-7-8-18-40(39)26-37)33-81-82-34-50(71(3)59(80)43(61)27-36-14-5-4-6-15-36)57(78)68-47(29-38-16-13-25-63-31-38)54(75)67-48(30-41-32-64-44-20-10-9-19-42(41)44)55(76)65-45(53(74)70-51)21-11-12-24-60/h4-10,13-20,22-23,25-26,31-32,35,43,45-51,64,72H,11-12,21,24,27-30,33-34,60-61H2,1-3H3,(H,62,73)(H,65,76)(H,66,77)(H,67,75)(H,68,78)(H,69,79)(H,70,74)/t35-,43-,45-,46-,47-,48+,49+,50-,51+/m0/s1. The van der Waals surface area contributed by atoms with E-state index in [-0.39, 0.29) is 50.2 Å². The highest BCUT2D eigenvalue weighted by molar-refractivity contribution is 8.76. The molecule has 1 aliphatic heterocycles. The molecule has 0 radical (unpaired) electrons. The molecule has 6 aromatic rings. The van der Waals surface area contributed by atoms with E-state index in [4.69, 9.17) is 11.5 Å². The van der Waals surface area contributed by atoms with Crippen LogP contribution in [0.15, 0.2) is 128 Å². The van der Waals surface area contributed by atoms with E-state index >= 15 is 0 Å². The second-order valence-electron chi connectivity index (χ2n) is 20.3. The molecule has 8 amide bonds. The van der Waals surface area contributed by atoms with Gasteiger partial charge in [-0.1, -0.05) is 119 Å². The summed E-state index contributed by atoms with van der Waals surface area (Å²) in [6.45, 7) is 1.54. The van der Waals surface area contributed by atoms with Gasteiger partial charge in [0.05, 0.1) is 12.1 Å². The van der Waals surface area contributed by atoms with Gasteiger partial charge in [0.25, 0.3) is 0 Å². The number of aromatic amines is 1. The van der Waals surface area contributed by atoms with Crippen LogP contribution in [-0.2, 0) is 64.0 Å². The Balaban J connectivity index is 1.26. The van der Waals surface area contributed by atoms with Crippen molar-refractivity contribution < 1.29 is 43.5 Å². The number of carbonyl (C=O) groups excluding carboxylic acids is 8. The highest BCUT2D eigenvalue weighted by Gasteiger charge is 2.38. The van der Waals surface area contributed by atoms with Crippen LogP contribution in [0.2, 0.25) is 0 Å². The molecule has 2 aromatic heterocycles. The van der Waals surface area contributed by atoms with Crippen LogP contribution in [-0.4, -0.2) is 154 Å². The number of unbranched alkanes of at least 4 members (excludes halogenated alkanes) is 1. The van der Waals surface area contributed by atoms with E-state index in [2.05, 4.69) is 47.2 Å². The topological polar surface area (TPSA) is 325 Å². The number of aliphatic hydroxyl groups is 1. The molecule has 0 saturated carbocycles. The van der Waals surface area contributed by atoms with E-state index in [1.807, 2.05) is 97.1 Å². The molecule has 0 bridgehead atoms. The first-order chi connectivity index (χ1) is 39.5. The van der Waals surface area contributed by atoms with Crippen molar-refractivity contribution in [3.63, 3.8) is 0 Å². The summed E-state index contributed by atoms with van der Waals surface area (Å²) >= 11 is 0. The SMILES string of the molecule is CNC(=O)[C@H](Cc1ccc2ccccc2c1)NC(=O)[C@H]1CSSC[C@H](N(C)C(=O)[C@@H](N)Cc2ccccc2)C(=O)N[C@@H](Cc2cccnc2)C(=O)N[C@H](Cc2c[nH]c3ccccc23)C(=O)N[C@@H](CCCCN)C(=O)N[C@H]([C@H](C)O)C(=O)N1. The number of amides is 8. The van der Waals surface area contributed by atoms with Gasteiger partial charge in [0.15, 0.2) is 0 Å². The van der Waals surface area contributed by atoms with Crippen molar-refractivity contribution in [2.24, 2.45) is 11.5 Å². The van der Waals surface area contributed by atoms with Crippen LogP contribution in [0.5, 0.6) is 0 Å². The molecule has 82 heavy (non-hydrogen) atoms. The highest BCUT2D eigenvalue weighted by atomic mass is 33.1. The van der Waals surface area contributed by atoms with Gasteiger partial charge < -0.3 is 63.7 Å². The van der Waals surface area contributed by atoms with Gasteiger partial charge in [0, 0.05) is 74.4 Å². The van der Waals surface area contributed by atoms with Crippen molar-refractivity contribution in [1.82, 2.24) is 52.1 Å². The van der Waals surface area contributed by atoms with Crippen LogP contribution >= 0.6 is 21.6 Å². The van der Waals surface area contributed by atoms with Crippen molar-refractivity contribution in [2.75, 3.05) is 32.1 Å². The molecule has 0 unspecified atom stereocenters. The fourth-order valence-corrected chi connectivity index (χ4v) is 12.0. The molecule has 0 spiro atoms. The fourth-order valence-electron chi connectivity index (χ4n) is 9.59. The number of aliphatic hydroxyl groups excluding tert-OH is 1. The summed E-state index contributed by atoms with van der Waals surface area (Å²) in [5.41, 5.74) is 15.9. The minimum absolute atomic E-state index is 0.0238. The average molecular weight is 1160 g/mol. The molecular formula is C59H72N12O9S2. The summed E-state index contributed by atoms with van der Waals surface area (Å²) in [6, 6.07) is 22.5. The number of para-hydroxylation sites is 1. The summed E-state index contributed by atoms with van der Waals surface area (Å²) in [6.07, 6.45) is 4.07. The van der Waals surface area contributed by atoms with E-state index in [9.17, 15) is 43.5 Å². The highest BCUT2D eigenvalue weighted by Crippen LogP contribution is 2.26. The van der Waals surface area contributed by atoms with Crippen LogP contribution in [0.1, 0.15) is 48.4 Å². The molecule has 23 heteroatoms. The molecule has 0 aliphatic carbocycles. The molecule has 4 aromatic carbocycles. The van der Waals surface area contributed by atoms with E-state index in [0.29, 0.717) is 24.0 Å². The second-order valence-corrected chi connectivity index (χ2v) is 22.8. The van der Waals surface area contributed by atoms with Crippen molar-refractivity contribution in [2.45, 2.75) is 106 Å². The Hall–Kier alpha value is -7.83. The summed E-state index contributed by atoms with van der Waals surface area (Å²) in [5.74, 6) is -6.40. The van der Waals surface area contributed by atoms with Gasteiger partial charge in [-0.3, -0.25) is 43.3 Å². The van der Waals surface area contributed by atoms with Crippen LogP contribution in [0.3, 0.4) is 0 Å². The maximum atomic E-state index is 15.0. The number of likely N-dealkylation sites (N-methyl/N-ethyl adjacent to an activating group) is 2. The van der Waals surface area contributed by atoms with E-state index in [1.165, 1.54) is 32.1 Å². The third-order valence-electron chi connectivity index (χ3n) is 14.2. The zero-order valence-corrected chi connectivity index (χ0v) is 47.6. The number of carbonyl (C=O) groups is 8. The Bertz CT molecular complexity index is 3170. The van der Waals surface area contributed by atoms with Crippen molar-refractivity contribution >= 4 is 90.5 Å². The number of benzene rings is 4. The van der Waals surface area contributed by atoms with Gasteiger partial charge in [-0.25, -0.2) is 0 Å². The zero-order chi connectivity index (χ0) is 58.7. The normalized spacial score (nSPS) is 20.9. The number of pyridine rings is 1. The summed E-state index contributed by atoms with van der Waals surface area (Å²) in [7, 11) is 4.99. The lowest BCUT2D eigenvalue weighted by molar-refractivity contribution is -0.140. The quantitative estimate of drug-likeness (QED) is 0.0432. The summed E-state index contributed by atoms with van der Waals surface area (Å²) in [4.78, 5) is 125. The van der Waals surface area contributed by atoms with Gasteiger partial charge in [-0.15, -0.1) is 0 Å². The molecule has 7 rings (SSSR count). The lowest BCUT2D eigenvalue weighted by atomic mass is 10.0. The smallest absolute Gasteiger partial charge is 0.245 e. The van der Waals surface area contributed by atoms with Gasteiger partial charge in [-0.2, -0.15) is 0 Å². The molecule has 3 heterocycles. The number of hydrogen-bond acceptors (Lipinski definition) is 14. The molecule has 1 fully saturated rings. The van der Waals surface area contributed by atoms with Crippen LogP contribution in [0.25, 0.3) is 21.7 Å². The van der Waals surface area contributed by atoms with Crippen molar-refractivity contribution in [3.8, 4) is 0 Å². The third-order valence-corrected chi connectivity index (χ3v) is 16.6. The molecule has 13 N–H and O–H groups in total. The predicted molar refractivity (Wildman–Crippen MR) is 317 cm³/mol. The summed E-state index contributed by atoms with van der Waals surface area (Å²) < 4.78 is 0. The first-order valence-corrected chi connectivity index (χ1v) is 29.7. The Morgan fingerprint density at radius 3 is 2.10 bits per heavy atom. The van der Waals surface area contributed by atoms with Gasteiger partial charge in [0.1, 0.15) is 42.3 Å². The number of fused-ring (bicyclic) bond motifs is 2. The minimum Gasteiger partial charge on any atom is -0.391 e. The number of nitrogens with one attached hydrogen (secondary N) is 8. The lowest BCUT2D eigenvalue weighted by Gasteiger charge is -2.31. The first kappa shape index (κ1) is 61.8. The lowest BCUT2D eigenvalue weighted by Crippen LogP contribution is -2.62. The first-order valence-electron chi connectivity index (χ1n) is 27.2. The summed E-state index contributed by atoms with van der Waals surface area (Å²) in [5, 5.41) is 33.0. The van der Waals surface area contributed by atoms with Crippen LogP contribution in [0, 0.1) is 0 Å². The number of H-pyrrole nitrogens is 1. The molecule has 9 atom stereocenters. The largest absolute Gasteiger partial charge is 0.391 e. The number of nitrogens with zero attached hydrogens (tertiary/aromatic N) is 2.